The Labute approximate surface area is 158 Å². The van der Waals surface area contributed by atoms with Gasteiger partial charge in [0.15, 0.2) is 0 Å². The van der Waals surface area contributed by atoms with E-state index >= 15 is 0 Å². The molecule has 0 aliphatic rings. The number of rotatable bonds is 6. The molecule has 1 aromatic carbocycles. The maximum Gasteiger partial charge on any atom is 0.272 e. The lowest BCUT2D eigenvalue weighted by molar-refractivity contribution is 0.0815. The predicted octanol–water partition coefficient (Wildman–Crippen LogP) is 3.89. The minimum atomic E-state index is -2.44. The fourth-order valence-electron chi connectivity index (χ4n) is 1.88. The molecule has 1 aromatic heterocycles. The molecule has 2 N–H and O–H groups in total. The van der Waals surface area contributed by atoms with Crippen LogP contribution in [0.3, 0.4) is 0 Å². The molecule has 0 unspecified atom stereocenters. The molecule has 0 aliphatic carbocycles. The van der Waals surface area contributed by atoms with E-state index in [1.54, 1.807) is 6.07 Å². The number of carbonyl (C=O) groups excluding carboxylic acids is 1. The van der Waals surface area contributed by atoms with Crippen molar-refractivity contribution in [3.63, 3.8) is 0 Å². The number of aromatic nitrogens is 2. The number of halogens is 2. The Morgan fingerprint density at radius 3 is 2.44 bits per heavy atom. The number of nitrogens with two attached hydrogens (primary N) is 1. The summed E-state index contributed by atoms with van der Waals surface area (Å²) in [5.41, 5.74) is 6.91. The molecule has 1 amide bonds. The maximum atomic E-state index is 12.0. The summed E-state index contributed by atoms with van der Waals surface area (Å²) in [6, 6.07) is 5.52. The van der Waals surface area contributed by atoms with Crippen LogP contribution in [-0.2, 0) is 6.54 Å². The fourth-order valence-corrected chi connectivity index (χ4v) is 1.88. The van der Waals surface area contributed by atoms with Gasteiger partial charge in [0.05, 0.1) is 6.20 Å². The van der Waals surface area contributed by atoms with E-state index in [1.807, 2.05) is 39.8 Å². The SMILES string of the molecule is Cc1cc(C[N-]C(C)(C)C)ccc1OCC(F)F.NC(=O)c1cnccn1. The molecule has 0 saturated carbocycles. The number of hydrogen-bond acceptors (Lipinski definition) is 4. The lowest BCUT2D eigenvalue weighted by atomic mass is 10.1. The zero-order valence-corrected chi connectivity index (χ0v) is 15.9. The van der Waals surface area contributed by atoms with Gasteiger partial charge in [0.2, 0.25) is 0 Å². The summed E-state index contributed by atoms with van der Waals surface area (Å²) in [7, 11) is 0. The van der Waals surface area contributed by atoms with E-state index in [0.717, 1.165) is 11.1 Å². The van der Waals surface area contributed by atoms with Crippen molar-refractivity contribution < 1.29 is 18.3 Å². The second-order valence-electron chi connectivity index (χ2n) is 6.74. The normalized spacial score (nSPS) is 10.9. The fraction of sp³-hybridized carbons (Fsp3) is 0.421. The number of nitrogens with zero attached hydrogens (tertiary/aromatic N) is 3. The van der Waals surface area contributed by atoms with Gasteiger partial charge in [-0.2, -0.15) is 0 Å². The first-order valence-electron chi connectivity index (χ1n) is 8.33. The van der Waals surface area contributed by atoms with E-state index < -0.39 is 18.9 Å². The first-order chi connectivity index (χ1) is 12.6. The zero-order valence-electron chi connectivity index (χ0n) is 15.9. The Balaban J connectivity index is 0.000000337. The highest BCUT2D eigenvalue weighted by atomic mass is 19.3. The summed E-state index contributed by atoms with van der Waals surface area (Å²) < 4.78 is 29.1. The first-order valence-corrected chi connectivity index (χ1v) is 8.33. The minimum Gasteiger partial charge on any atom is -0.654 e. The summed E-state index contributed by atoms with van der Waals surface area (Å²) in [6.45, 7) is 8.04. The molecule has 0 spiro atoms. The molecule has 0 atom stereocenters. The van der Waals surface area contributed by atoms with Gasteiger partial charge >= 0.3 is 0 Å². The Bertz CT molecular complexity index is 719. The molecule has 0 saturated heterocycles. The Kier molecular flexibility index (Phi) is 8.74. The summed E-state index contributed by atoms with van der Waals surface area (Å²) in [4.78, 5) is 17.6. The third-order valence-electron chi connectivity index (χ3n) is 3.16. The molecule has 0 bridgehead atoms. The highest BCUT2D eigenvalue weighted by Crippen LogP contribution is 2.23. The second kappa shape index (κ2) is 10.5. The number of ether oxygens (including phenoxy) is 1. The molecule has 0 fully saturated rings. The summed E-state index contributed by atoms with van der Waals surface area (Å²) in [5.74, 6) is -0.0436. The van der Waals surface area contributed by atoms with Crippen LogP contribution < -0.4 is 10.5 Å². The number of aryl methyl sites for hydroxylation is 1. The van der Waals surface area contributed by atoms with E-state index in [2.05, 4.69) is 15.3 Å². The average molecular weight is 379 g/mol. The van der Waals surface area contributed by atoms with Crippen LogP contribution in [0.25, 0.3) is 5.32 Å². The number of alkyl halides is 2. The molecule has 2 aromatic rings. The minimum absolute atomic E-state index is 0.0707. The molecule has 8 heteroatoms. The average Bonchev–Trinajstić information content (AvgIpc) is 2.59. The standard InChI is InChI=1S/C14H20F2NO.C5H5N3O/c1-10-7-11(8-17-14(2,3)4)5-6-12(10)18-9-13(15)16;6-5(9)4-3-7-1-2-8-4/h5-7,13H,8-9H2,1-4H3;1-3H,(H2,6,9)/q-1;. The van der Waals surface area contributed by atoms with Gasteiger partial charge in [-0.15, -0.1) is 12.1 Å². The molecular weight excluding hydrogens is 354 g/mol. The Hall–Kier alpha value is -2.61. The molecule has 1 heterocycles. The number of amides is 1. The molecule has 0 radical (unpaired) electrons. The molecule has 148 valence electrons. The van der Waals surface area contributed by atoms with Crippen molar-refractivity contribution in [2.75, 3.05) is 6.61 Å². The quantitative estimate of drug-likeness (QED) is 0.824. The third kappa shape index (κ3) is 9.60. The third-order valence-corrected chi connectivity index (χ3v) is 3.16. The van der Waals surface area contributed by atoms with Crippen molar-refractivity contribution in [2.24, 2.45) is 5.73 Å². The van der Waals surface area contributed by atoms with Crippen LogP contribution in [0, 0.1) is 6.92 Å². The lowest BCUT2D eigenvalue weighted by Crippen LogP contribution is -2.12. The zero-order chi connectivity index (χ0) is 20.4. The first kappa shape index (κ1) is 22.4. The van der Waals surface area contributed by atoms with Crippen LogP contribution in [0.15, 0.2) is 36.8 Å². The summed E-state index contributed by atoms with van der Waals surface area (Å²) in [6.07, 6.45) is 1.77. The van der Waals surface area contributed by atoms with Crippen LogP contribution in [0.2, 0.25) is 0 Å². The molecular formula is C19H25F2N4O2-. The van der Waals surface area contributed by atoms with Crippen LogP contribution in [0.1, 0.15) is 42.4 Å². The van der Waals surface area contributed by atoms with E-state index in [1.165, 1.54) is 18.6 Å². The highest BCUT2D eigenvalue weighted by molar-refractivity contribution is 5.90. The molecule has 0 aliphatic heterocycles. The predicted molar refractivity (Wildman–Crippen MR) is 100 cm³/mol. The van der Waals surface area contributed by atoms with E-state index in [-0.39, 0.29) is 11.2 Å². The van der Waals surface area contributed by atoms with Gasteiger partial charge in [-0.3, -0.25) is 9.78 Å². The largest absolute Gasteiger partial charge is 0.654 e. The van der Waals surface area contributed by atoms with Crippen molar-refractivity contribution in [3.05, 3.63) is 58.9 Å². The van der Waals surface area contributed by atoms with E-state index in [9.17, 15) is 13.6 Å². The Morgan fingerprint density at radius 1 is 1.30 bits per heavy atom. The molecule has 27 heavy (non-hydrogen) atoms. The number of primary amides is 1. The van der Waals surface area contributed by atoms with Crippen LogP contribution in [0.5, 0.6) is 5.75 Å². The van der Waals surface area contributed by atoms with Crippen LogP contribution >= 0.6 is 0 Å². The van der Waals surface area contributed by atoms with Crippen molar-refractivity contribution in [1.82, 2.24) is 9.97 Å². The topological polar surface area (TPSA) is 92.2 Å². The van der Waals surface area contributed by atoms with Gasteiger partial charge in [-0.1, -0.05) is 38.5 Å². The van der Waals surface area contributed by atoms with Gasteiger partial charge in [0.1, 0.15) is 18.1 Å². The van der Waals surface area contributed by atoms with Crippen LogP contribution in [-0.4, -0.2) is 34.4 Å². The summed E-state index contributed by atoms with van der Waals surface area (Å²) >= 11 is 0. The smallest absolute Gasteiger partial charge is 0.272 e. The van der Waals surface area contributed by atoms with Crippen molar-refractivity contribution in [1.29, 1.82) is 0 Å². The lowest BCUT2D eigenvalue weighted by Gasteiger charge is -2.36. The number of hydrogen-bond donors (Lipinski definition) is 1. The van der Waals surface area contributed by atoms with Crippen molar-refractivity contribution in [2.45, 2.75) is 46.2 Å². The van der Waals surface area contributed by atoms with Gasteiger partial charge < -0.3 is 15.8 Å². The number of carbonyl (C=O) groups is 1. The molecule has 2 rings (SSSR count). The van der Waals surface area contributed by atoms with Crippen LogP contribution in [0.4, 0.5) is 8.78 Å². The van der Waals surface area contributed by atoms with Crippen molar-refractivity contribution in [3.8, 4) is 5.75 Å². The summed E-state index contributed by atoms with van der Waals surface area (Å²) in [5, 5.41) is 4.51. The second-order valence-corrected chi connectivity index (χ2v) is 6.74. The van der Waals surface area contributed by atoms with Gasteiger partial charge in [-0.05, 0) is 18.6 Å². The van der Waals surface area contributed by atoms with E-state index in [0.29, 0.717) is 12.3 Å². The van der Waals surface area contributed by atoms with E-state index in [4.69, 9.17) is 10.5 Å². The monoisotopic (exact) mass is 379 g/mol. The van der Waals surface area contributed by atoms with Gasteiger partial charge in [-0.25, -0.2) is 13.8 Å². The van der Waals surface area contributed by atoms with Crippen molar-refractivity contribution >= 4 is 5.91 Å². The molecule has 6 nitrogen and oxygen atoms in total. The Morgan fingerprint density at radius 2 is 2.00 bits per heavy atom. The highest BCUT2D eigenvalue weighted by Gasteiger charge is 2.06. The maximum absolute atomic E-state index is 12.0. The van der Waals surface area contributed by atoms with Gasteiger partial charge in [0, 0.05) is 12.4 Å². The van der Waals surface area contributed by atoms with Gasteiger partial charge in [0.25, 0.3) is 12.3 Å². The number of benzene rings is 1.